The lowest BCUT2D eigenvalue weighted by molar-refractivity contribution is 0.502. The Bertz CT molecular complexity index is 526. The highest BCUT2D eigenvalue weighted by atomic mass is 35.5. The van der Waals surface area contributed by atoms with Gasteiger partial charge in [0, 0.05) is 6.04 Å². The molecule has 0 saturated heterocycles. The van der Waals surface area contributed by atoms with Gasteiger partial charge in [0.2, 0.25) is 0 Å². The molecule has 0 aromatic carbocycles. The van der Waals surface area contributed by atoms with Crippen molar-refractivity contribution in [2.75, 3.05) is 5.32 Å². The number of nitrogens with one attached hydrogen (secondary N) is 1. The third-order valence-corrected chi connectivity index (χ3v) is 4.27. The van der Waals surface area contributed by atoms with E-state index in [0.717, 1.165) is 18.8 Å². The molecule has 1 heterocycles. The normalized spacial score (nSPS) is 23.1. The van der Waals surface area contributed by atoms with Crippen LogP contribution in [0.3, 0.4) is 0 Å². The molecule has 1 fully saturated rings. The Balaban J connectivity index is 2.11. The first-order valence-corrected chi connectivity index (χ1v) is 7.62. The van der Waals surface area contributed by atoms with E-state index in [9.17, 15) is 4.79 Å². The molecule has 1 N–H and O–H groups in total. The molecule has 2 rings (SSSR count). The second-order valence-corrected chi connectivity index (χ2v) is 5.98. The molecule has 1 aromatic rings. The Morgan fingerprint density at radius 1 is 1.50 bits per heavy atom. The minimum absolute atomic E-state index is 0.221. The molecule has 0 spiro atoms. The van der Waals surface area contributed by atoms with Gasteiger partial charge in [0.15, 0.2) is 0 Å². The maximum atomic E-state index is 12.0. The van der Waals surface area contributed by atoms with E-state index in [1.807, 2.05) is 0 Å². The Morgan fingerprint density at radius 3 is 3.05 bits per heavy atom. The Hall–Kier alpha value is -1.29. The van der Waals surface area contributed by atoms with Gasteiger partial charge in [-0.2, -0.15) is 5.10 Å². The minimum atomic E-state index is -0.265. The molecular formula is C15H22ClN3O. The first kappa shape index (κ1) is 15.1. The van der Waals surface area contributed by atoms with Gasteiger partial charge in [0.05, 0.1) is 18.4 Å². The number of hydrogen-bond acceptors (Lipinski definition) is 3. The van der Waals surface area contributed by atoms with Gasteiger partial charge in [-0.05, 0) is 25.2 Å². The summed E-state index contributed by atoms with van der Waals surface area (Å²) in [4.78, 5) is 12.0. The third kappa shape index (κ3) is 3.63. The molecule has 0 bridgehead atoms. The van der Waals surface area contributed by atoms with E-state index in [4.69, 9.17) is 11.6 Å². The fourth-order valence-electron chi connectivity index (χ4n) is 2.67. The zero-order chi connectivity index (χ0) is 14.5. The predicted molar refractivity (Wildman–Crippen MR) is 83.4 cm³/mol. The number of allylic oxidation sites excluding steroid dienone is 1. The molecule has 20 heavy (non-hydrogen) atoms. The Labute approximate surface area is 124 Å². The maximum absolute atomic E-state index is 12.0. The summed E-state index contributed by atoms with van der Waals surface area (Å²) >= 11 is 6.15. The van der Waals surface area contributed by atoms with Gasteiger partial charge in [-0.1, -0.05) is 37.4 Å². The van der Waals surface area contributed by atoms with Crippen LogP contribution >= 0.6 is 11.6 Å². The van der Waals surface area contributed by atoms with Crippen LogP contribution in [0.1, 0.15) is 39.0 Å². The van der Waals surface area contributed by atoms with Gasteiger partial charge in [-0.15, -0.1) is 6.58 Å². The monoisotopic (exact) mass is 295 g/mol. The average Bonchev–Trinajstić information content (AvgIpc) is 2.63. The highest BCUT2D eigenvalue weighted by molar-refractivity contribution is 6.32. The highest BCUT2D eigenvalue weighted by Gasteiger charge is 2.18. The summed E-state index contributed by atoms with van der Waals surface area (Å²) in [5, 5.41) is 7.73. The lowest BCUT2D eigenvalue weighted by Crippen LogP contribution is -2.26. The van der Waals surface area contributed by atoms with Crippen LogP contribution in [0.25, 0.3) is 0 Å². The number of anilines is 1. The SMILES string of the molecule is C=CCn1ncc(NC2CCCC(C)CC2)c(Cl)c1=O. The molecule has 2 unspecified atom stereocenters. The lowest BCUT2D eigenvalue weighted by Gasteiger charge is -2.18. The van der Waals surface area contributed by atoms with Crippen molar-refractivity contribution < 1.29 is 0 Å². The Kier molecular flexibility index (Phi) is 5.24. The first-order chi connectivity index (χ1) is 9.61. The van der Waals surface area contributed by atoms with Crippen molar-refractivity contribution >= 4 is 17.3 Å². The molecule has 1 saturated carbocycles. The molecular weight excluding hydrogens is 274 g/mol. The van der Waals surface area contributed by atoms with Gasteiger partial charge in [-0.25, -0.2) is 4.68 Å². The first-order valence-electron chi connectivity index (χ1n) is 7.25. The predicted octanol–water partition coefficient (Wildman–Crippen LogP) is 3.46. The van der Waals surface area contributed by atoms with Crippen LogP contribution in [-0.4, -0.2) is 15.8 Å². The quantitative estimate of drug-likeness (QED) is 0.683. The molecule has 1 aromatic heterocycles. The van der Waals surface area contributed by atoms with Crippen LogP contribution in [0.5, 0.6) is 0 Å². The van der Waals surface area contributed by atoms with Crippen molar-refractivity contribution in [1.82, 2.24) is 9.78 Å². The summed E-state index contributed by atoms with van der Waals surface area (Å²) in [7, 11) is 0. The number of aromatic nitrogens is 2. The van der Waals surface area contributed by atoms with Gasteiger partial charge in [0.25, 0.3) is 5.56 Å². The van der Waals surface area contributed by atoms with E-state index in [2.05, 4.69) is 23.9 Å². The van der Waals surface area contributed by atoms with E-state index in [1.54, 1.807) is 12.3 Å². The average molecular weight is 296 g/mol. The maximum Gasteiger partial charge on any atom is 0.287 e. The van der Waals surface area contributed by atoms with Gasteiger partial charge in [0.1, 0.15) is 5.02 Å². The highest BCUT2D eigenvalue weighted by Crippen LogP contribution is 2.26. The van der Waals surface area contributed by atoms with E-state index in [1.165, 1.54) is 23.9 Å². The fraction of sp³-hybridized carbons (Fsp3) is 0.600. The van der Waals surface area contributed by atoms with Gasteiger partial charge < -0.3 is 5.32 Å². The number of rotatable bonds is 4. The molecule has 110 valence electrons. The molecule has 0 aliphatic heterocycles. The summed E-state index contributed by atoms with van der Waals surface area (Å²) < 4.78 is 1.32. The zero-order valence-corrected chi connectivity index (χ0v) is 12.7. The Morgan fingerprint density at radius 2 is 2.30 bits per heavy atom. The van der Waals surface area contributed by atoms with Crippen molar-refractivity contribution in [2.45, 2.75) is 51.6 Å². The van der Waals surface area contributed by atoms with E-state index < -0.39 is 0 Å². The standard InChI is InChI=1S/C15H22ClN3O/c1-3-9-19-15(20)14(16)13(10-17-19)18-12-6-4-5-11(2)7-8-12/h3,10-12,18H,1,4-9H2,2H3. The van der Waals surface area contributed by atoms with Gasteiger partial charge >= 0.3 is 0 Å². The van der Waals surface area contributed by atoms with E-state index in [0.29, 0.717) is 18.3 Å². The van der Waals surface area contributed by atoms with Crippen LogP contribution < -0.4 is 10.9 Å². The smallest absolute Gasteiger partial charge is 0.287 e. The summed E-state index contributed by atoms with van der Waals surface area (Å²) in [6.45, 7) is 6.28. The van der Waals surface area contributed by atoms with E-state index in [-0.39, 0.29) is 10.6 Å². The van der Waals surface area contributed by atoms with Crippen LogP contribution in [-0.2, 0) is 6.54 Å². The van der Waals surface area contributed by atoms with Crippen molar-refractivity contribution in [3.63, 3.8) is 0 Å². The molecule has 4 nitrogen and oxygen atoms in total. The number of halogens is 1. The summed E-state index contributed by atoms with van der Waals surface area (Å²) in [6.07, 6.45) is 9.23. The van der Waals surface area contributed by atoms with E-state index >= 15 is 0 Å². The van der Waals surface area contributed by atoms with Crippen molar-refractivity contribution in [3.05, 3.63) is 34.2 Å². The van der Waals surface area contributed by atoms with Gasteiger partial charge in [-0.3, -0.25) is 4.79 Å². The van der Waals surface area contributed by atoms with Crippen LogP contribution in [0.2, 0.25) is 5.02 Å². The molecule has 5 heteroatoms. The number of nitrogens with zero attached hydrogens (tertiary/aromatic N) is 2. The van der Waals surface area contributed by atoms with Crippen LogP contribution in [0.15, 0.2) is 23.6 Å². The van der Waals surface area contributed by atoms with Crippen LogP contribution in [0.4, 0.5) is 5.69 Å². The number of hydrogen-bond donors (Lipinski definition) is 1. The van der Waals surface area contributed by atoms with Crippen LogP contribution in [0, 0.1) is 5.92 Å². The summed E-state index contributed by atoms with van der Waals surface area (Å²) in [5.74, 6) is 0.788. The van der Waals surface area contributed by atoms with Crippen molar-refractivity contribution in [2.24, 2.45) is 5.92 Å². The molecule has 0 radical (unpaired) electrons. The lowest BCUT2D eigenvalue weighted by atomic mass is 10.0. The summed E-state index contributed by atoms with van der Waals surface area (Å²) in [6, 6.07) is 0.383. The molecule has 2 atom stereocenters. The summed E-state index contributed by atoms with van der Waals surface area (Å²) in [5.41, 5.74) is 0.384. The topological polar surface area (TPSA) is 46.9 Å². The molecule has 1 aliphatic rings. The molecule has 0 amide bonds. The second kappa shape index (κ2) is 6.93. The van der Waals surface area contributed by atoms with Crippen molar-refractivity contribution in [3.8, 4) is 0 Å². The van der Waals surface area contributed by atoms with Crippen molar-refractivity contribution in [1.29, 1.82) is 0 Å². The second-order valence-electron chi connectivity index (χ2n) is 5.60. The molecule has 1 aliphatic carbocycles. The largest absolute Gasteiger partial charge is 0.380 e. The zero-order valence-electron chi connectivity index (χ0n) is 11.9. The third-order valence-electron chi connectivity index (χ3n) is 3.90. The minimum Gasteiger partial charge on any atom is -0.380 e. The fourth-order valence-corrected chi connectivity index (χ4v) is 2.87.